The fourth-order valence-corrected chi connectivity index (χ4v) is 4.18. The van der Waals surface area contributed by atoms with Gasteiger partial charge in [-0.25, -0.2) is 9.59 Å². The summed E-state index contributed by atoms with van der Waals surface area (Å²) in [7, 11) is 5.05. The number of benzene rings is 1. The predicted octanol–water partition coefficient (Wildman–Crippen LogP) is 2.32. The Morgan fingerprint density at radius 1 is 0.839 bits per heavy atom. The first-order valence-corrected chi connectivity index (χ1v) is 10.6. The molecule has 0 aliphatic carbocycles. The molecule has 2 N–H and O–H groups in total. The lowest BCUT2D eigenvalue weighted by Gasteiger charge is -2.40. The topological polar surface area (TPSA) is 109 Å². The summed E-state index contributed by atoms with van der Waals surface area (Å²) in [5.41, 5.74) is 1.16. The molecule has 3 rings (SSSR count). The van der Waals surface area contributed by atoms with Crippen molar-refractivity contribution in [2.24, 2.45) is 0 Å². The third kappa shape index (κ3) is 7.29. The van der Waals surface area contributed by atoms with Crippen LogP contribution in [0, 0.1) is 0 Å². The predicted molar refractivity (Wildman–Crippen MR) is 115 cm³/mol. The molecular weight excluding hydrogens is 404 g/mol. The number of aliphatic carboxylic acids is 2. The van der Waals surface area contributed by atoms with E-state index in [1.54, 1.807) is 21.3 Å². The molecule has 1 aromatic rings. The van der Waals surface area contributed by atoms with Gasteiger partial charge in [0.1, 0.15) is 5.75 Å². The lowest BCUT2D eigenvalue weighted by Crippen LogP contribution is -2.46. The highest BCUT2D eigenvalue weighted by atomic mass is 16.5. The minimum absolute atomic E-state index is 0.715. The minimum atomic E-state index is -1.82. The van der Waals surface area contributed by atoms with Crippen molar-refractivity contribution in [1.82, 2.24) is 9.80 Å². The van der Waals surface area contributed by atoms with E-state index in [-0.39, 0.29) is 0 Å². The number of carboxylic acids is 2. The zero-order chi connectivity index (χ0) is 22.8. The van der Waals surface area contributed by atoms with Gasteiger partial charge < -0.3 is 29.3 Å². The van der Waals surface area contributed by atoms with Crippen LogP contribution in [0.2, 0.25) is 0 Å². The number of rotatable bonds is 6. The van der Waals surface area contributed by atoms with E-state index in [1.807, 2.05) is 12.1 Å². The van der Waals surface area contributed by atoms with E-state index in [0.29, 0.717) is 5.75 Å². The summed E-state index contributed by atoms with van der Waals surface area (Å²) in [6.45, 7) is 5.80. The van der Waals surface area contributed by atoms with Crippen LogP contribution in [-0.2, 0) is 16.1 Å². The Morgan fingerprint density at radius 3 is 1.84 bits per heavy atom. The first kappa shape index (κ1) is 24.7. The first-order valence-electron chi connectivity index (χ1n) is 10.6. The van der Waals surface area contributed by atoms with Crippen LogP contribution < -0.4 is 14.2 Å². The Hall–Kier alpha value is -2.52. The molecule has 174 valence electrons. The molecule has 9 nitrogen and oxygen atoms in total. The van der Waals surface area contributed by atoms with Crippen molar-refractivity contribution in [2.75, 3.05) is 47.5 Å². The average Bonchev–Trinajstić information content (AvgIpc) is 2.80. The van der Waals surface area contributed by atoms with Gasteiger partial charge in [0, 0.05) is 24.2 Å². The number of nitrogens with zero attached hydrogens (tertiary/aromatic N) is 2. The summed E-state index contributed by atoms with van der Waals surface area (Å²) in [6, 6.07) is 4.76. The summed E-state index contributed by atoms with van der Waals surface area (Å²) in [5.74, 6) is -1.30. The number of carbonyl (C=O) groups is 2. The molecule has 0 unspecified atom stereocenters. The summed E-state index contributed by atoms with van der Waals surface area (Å²) < 4.78 is 16.4. The summed E-state index contributed by atoms with van der Waals surface area (Å²) in [4.78, 5) is 23.5. The molecule has 0 amide bonds. The molecule has 2 fully saturated rings. The van der Waals surface area contributed by atoms with E-state index in [1.165, 1.54) is 45.2 Å². The Labute approximate surface area is 183 Å². The van der Waals surface area contributed by atoms with Gasteiger partial charge in [0.05, 0.1) is 21.3 Å². The highest BCUT2D eigenvalue weighted by molar-refractivity contribution is 6.27. The van der Waals surface area contributed by atoms with Gasteiger partial charge in [-0.1, -0.05) is 6.42 Å². The lowest BCUT2D eigenvalue weighted by molar-refractivity contribution is -0.159. The van der Waals surface area contributed by atoms with E-state index in [4.69, 9.17) is 34.0 Å². The quantitative estimate of drug-likeness (QED) is 0.647. The number of likely N-dealkylation sites (tertiary alicyclic amines) is 2. The molecule has 0 aromatic heterocycles. The van der Waals surface area contributed by atoms with E-state index < -0.39 is 11.9 Å². The van der Waals surface area contributed by atoms with Crippen LogP contribution in [0.25, 0.3) is 0 Å². The van der Waals surface area contributed by atoms with Gasteiger partial charge in [-0.15, -0.1) is 0 Å². The molecule has 0 atom stereocenters. The van der Waals surface area contributed by atoms with Crippen LogP contribution in [0.3, 0.4) is 0 Å². The Morgan fingerprint density at radius 2 is 1.35 bits per heavy atom. The van der Waals surface area contributed by atoms with Crippen molar-refractivity contribution in [3.63, 3.8) is 0 Å². The monoisotopic (exact) mass is 438 g/mol. The summed E-state index contributed by atoms with van der Waals surface area (Å²) >= 11 is 0. The number of ether oxygens (including phenoxy) is 3. The second-order valence-electron chi connectivity index (χ2n) is 7.73. The van der Waals surface area contributed by atoms with E-state index in [2.05, 4.69) is 9.80 Å². The molecule has 0 radical (unpaired) electrons. The molecule has 2 aliphatic heterocycles. The first-order chi connectivity index (χ1) is 14.9. The molecule has 2 heterocycles. The van der Waals surface area contributed by atoms with Crippen LogP contribution >= 0.6 is 0 Å². The van der Waals surface area contributed by atoms with Crippen LogP contribution in [-0.4, -0.2) is 85.5 Å². The molecule has 0 saturated carbocycles. The van der Waals surface area contributed by atoms with Crippen molar-refractivity contribution in [1.29, 1.82) is 0 Å². The maximum absolute atomic E-state index is 9.10. The van der Waals surface area contributed by atoms with Crippen LogP contribution in [0.1, 0.15) is 37.7 Å². The molecule has 0 spiro atoms. The molecule has 31 heavy (non-hydrogen) atoms. The third-order valence-electron chi connectivity index (χ3n) is 5.83. The highest BCUT2D eigenvalue weighted by Gasteiger charge is 2.26. The molecule has 1 aromatic carbocycles. The number of hydrogen-bond donors (Lipinski definition) is 2. The molecule has 9 heteroatoms. The van der Waals surface area contributed by atoms with Crippen LogP contribution in [0.4, 0.5) is 0 Å². The van der Waals surface area contributed by atoms with Crippen molar-refractivity contribution in [3.8, 4) is 17.2 Å². The molecule has 2 saturated heterocycles. The van der Waals surface area contributed by atoms with Gasteiger partial charge in [0.2, 0.25) is 0 Å². The smallest absolute Gasteiger partial charge is 0.414 e. The number of carboxylic acid groups (broad SMARTS) is 2. The van der Waals surface area contributed by atoms with Gasteiger partial charge in [-0.3, -0.25) is 4.90 Å². The van der Waals surface area contributed by atoms with Crippen LogP contribution in [0.5, 0.6) is 17.2 Å². The van der Waals surface area contributed by atoms with Crippen molar-refractivity contribution < 1.29 is 34.0 Å². The Kier molecular flexibility index (Phi) is 9.87. The zero-order valence-corrected chi connectivity index (χ0v) is 18.6. The number of hydrogen-bond acceptors (Lipinski definition) is 7. The van der Waals surface area contributed by atoms with Gasteiger partial charge in [-0.2, -0.15) is 0 Å². The van der Waals surface area contributed by atoms with Crippen molar-refractivity contribution in [2.45, 2.75) is 44.7 Å². The summed E-state index contributed by atoms with van der Waals surface area (Å²) in [6.07, 6.45) is 6.71. The fraction of sp³-hybridized carbons (Fsp3) is 0.636. The molecule has 2 aliphatic rings. The van der Waals surface area contributed by atoms with Crippen molar-refractivity contribution >= 4 is 11.9 Å². The Balaban J connectivity index is 0.000000501. The van der Waals surface area contributed by atoms with E-state index >= 15 is 0 Å². The summed E-state index contributed by atoms with van der Waals surface area (Å²) in [5, 5.41) is 14.8. The maximum atomic E-state index is 9.10. The van der Waals surface area contributed by atoms with Gasteiger partial charge >= 0.3 is 11.9 Å². The number of methoxy groups -OCH3 is 3. The second-order valence-corrected chi connectivity index (χ2v) is 7.73. The van der Waals surface area contributed by atoms with Crippen LogP contribution in [0.15, 0.2) is 12.1 Å². The minimum Gasteiger partial charge on any atom is -0.496 e. The van der Waals surface area contributed by atoms with E-state index in [9.17, 15) is 0 Å². The molecule has 0 bridgehead atoms. The number of piperidine rings is 2. The maximum Gasteiger partial charge on any atom is 0.414 e. The average molecular weight is 439 g/mol. The van der Waals surface area contributed by atoms with Gasteiger partial charge in [0.25, 0.3) is 0 Å². The Bertz CT molecular complexity index is 715. The fourth-order valence-electron chi connectivity index (χ4n) is 4.18. The zero-order valence-electron chi connectivity index (χ0n) is 18.6. The molecular formula is C22H34N2O7. The lowest BCUT2D eigenvalue weighted by atomic mass is 9.99. The van der Waals surface area contributed by atoms with Crippen molar-refractivity contribution in [3.05, 3.63) is 17.7 Å². The standard InChI is InChI=1S/C20H32N2O3.C2H2O4/c1-23-18-14-20(25-3)19(24-2)13-16(18)15-21-11-7-17(8-12-21)22-9-5-4-6-10-22;3-1(4)2(5)6/h13-14,17H,4-12,15H2,1-3H3;(H,3,4)(H,5,6). The third-order valence-corrected chi connectivity index (χ3v) is 5.83. The van der Waals surface area contributed by atoms with Gasteiger partial charge in [0.15, 0.2) is 11.5 Å². The normalized spacial score (nSPS) is 17.9. The SMILES string of the molecule is COc1cc(OC)c(OC)cc1CN1CCC(N2CCCCC2)CC1.O=C(O)C(=O)O. The van der Waals surface area contributed by atoms with Gasteiger partial charge in [-0.05, 0) is 57.9 Å². The highest BCUT2D eigenvalue weighted by Crippen LogP contribution is 2.35. The largest absolute Gasteiger partial charge is 0.496 e. The van der Waals surface area contributed by atoms with E-state index in [0.717, 1.165) is 42.7 Å². The second kappa shape index (κ2) is 12.4.